The maximum Gasteiger partial charge on any atom is 0.137 e. The molecule has 0 saturated carbocycles. The Bertz CT molecular complexity index is 526. The van der Waals surface area contributed by atoms with Crippen LogP contribution < -0.4 is 17.7 Å². The highest BCUT2D eigenvalue weighted by atomic mass is 35.5. The zero-order valence-corrected chi connectivity index (χ0v) is 12.0. The molecule has 1 aromatic heterocycles. The molecule has 2 aromatic rings. The summed E-state index contributed by atoms with van der Waals surface area (Å²) in [4.78, 5) is 0. The molecule has 0 amide bonds. The highest BCUT2D eigenvalue weighted by molar-refractivity contribution is 5.58. The SMILES string of the molecule is CCC(CO)NCc1ccc(-c2ccccc2F)o1.[Cl-]. The fourth-order valence-corrected chi connectivity index (χ4v) is 1.86. The van der Waals surface area contributed by atoms with Gasteiger partial charge in [0.25, 0.3) is 0 Å². The van der Waals surface area contributed by atoms with Gasteiger partial charge < -0.3 is 27.2 Å². The molecular weight excluding hydrogens is 281 g/mol. The first-order valence-electron chi connectivity index (χ1n) is 6.42. The first-order chi connectivity index (χ1) is 9.24. The summed E-state index contributed by atoms with van der Waals surface area (Å²) in [6.07, 6.45) is 0.845. The molecule has 5 heteroatoms. The third-order valence-corrected chi connectivity index (χ3v) is 3.08. The number of nitrogens with one attached hydrogen (secondary N) is 1. The van der Waals surface area contributed by atoms with Crippen LogP contribution in [-0.2, 0) is 6.54 Å². The van der Waals surface area contributed by atoms with E-state index in [1.807, 2.05) is 13.0 Å². The van der Waals surface area contributed by atoms with Crippen molar-refractivity contribution in [3.8, 4) is 11.3 Å². The summed E-state index contributed by atoms with van der Waals surface area (Å²) in [6.45, 7) is 2.62. The van der Waals surface area contributed by atoms with Crippen LogP contribution in [-0.4, -0.2) is 17.8 Å². The van der Waals surface area contributed by atoms with Crippen LogP contribution in [0, 0.1) is 5.82 Å². The average molecular weight is 299 g/mol. The van der Waals surface area contributed by atoms with Crippen molar-refractivity contribution >= 4 is 0 Å². The Morgan fingerprint density at radius 2 is 2.00 bits per heavy atom. The second kappa shape index (κ2) is 8.04. The first kappa shape index (κ1) is 16.7. The standard InChI is InChI=1S/C15H18FNO2.ClH/c1-2-11(10-18)17-9-12-7-8-15(19-12)13-5-3-4-6-14(13)16;/h3-8,11,17-18H,2,9-10H2,1H3;1H/p-1. The lowest BCUT2D eigenvalue weighted by atomic mass is 10.1. The molecule has 1 unspecified atom stereocenters. The van der Waals surface area contributed by atoms with E-state index in [0.717, 1.165) is 12.2 Å². The van der Waals surface area contributed by atoms with Crippen molar-refractivity contribution in [1.82, 2.24) is 5.32 Å². The van der Waals surface area contributed by atoms with E-state index in [9.17, 15) is 4.39 Å². The van der Waals surface area contributed by atoms with Gasteiger partial charge in [0.05, 0.1) is 18.7 Å². The number of benzene rings is 1. The van der Waals surface area contributed by atoms with E-state index in [4.69, 9.17) is 9.52 Å². The van der Waals surface area contributed by atoms with Gasteiger partial charge in [0.1, 0.15) is 17.3 Å². The largest absolute Gasteiger partial charge is 1.00 e. The number of rotatable bonds is 6. The van der Waals surface area contributed by atoms with Crippen molar-refractivity contribution in [1.29, 1.82) is 0 Å². The Labute approximate surface area is 124 Å². The highest BCUT2D eigenvalue weighted by Gasteiger charge is 2.10. The maximum absolute atomic E-state index is 13.6. The average Bonchev–Trinajstić information content (AvgIpc) is 2.89. The number of halogens is 2. The second-order valence-electron chi connectivity index (χ2n) is 4.41. The lowest BCUT2D eigenvalue weighted by molar-refractivity contribution is -0.00000613. The molecule has 2 N–H and O–H groups in total. The van der Waals surface area contributed by atoms with Gasteiger partial charge in [-0.15, -0.1) is 0 Å². The molecule has 0 bridgehead atoms. The van der Waals surface area contributed by atoms with Gasteiger partial charge in [-0.1, -0.05) is 19.1 Å². The monoisotopic (exact) mass is 298 g/mol. The van der Waals surface area contributed by atoms with E-state index in [2.05, 4.69) is 5.32 Å². The Hall–Kier alpha value is -1.36. The van der Waals surface area contributed by atoms with Gasteiger partial charge in [-0.2, -0.15) is 0 Å². The zero-order chi connectivity index (χ0) is 13.7. The summed E-state index contributed by atoms with van der Waals surface area (Å²) >= 11 is 0. The lowest BCUT2D eigenvalue weighted by Gasteiger charge is -2.12. The van der Waals surface area contributed by atoms with Crippen molar-refractivity contribution in [3.05, 3.63) is 48.0 Å². The van der Waals surface area contributed by atoms with Crippen molar-refractivity contribution in [2.45, 2.75) is 25.9 Å². The number of hydrogen-bond donors (Lipinski definition) is 2. The molecule has 0 fully saturated rings. The topological polar surface area (TPSA) is 45.4 Å². The lowest BCUT2D eigenvalue weighted by Crippen LogP contribution is -3.00. The molecule has 1 atom stereocenters. The molecule has 0 aliphatic rings. The molecule has 0 aliphatic heterocycles. The summed E-state index contributed by atoms with van der Waals surface area (Å²) in [6, 6.07) is 10.2. The Morgan fingerprint density at radius 3 is 2.65 bits per heavy atom. The van der Waals surface area contributed by atoms with E-state index in [1.165, 1.54) is 6.07 Å². The molecule has 2 rings (SSSR count). The number of aliphatic hydroxyl groups is 1. The minimum Gasteiger partial charge on any atom is -1.00 e. The van der Waals surface area contributed by atoms with Crippen molar-refractivity contribution in [2.24, 2.45) is 0 Å². The van der Waals surface area contributed by atoms with E-state index in [1.54, 1.807) is 24.3 Å². The molecule has 0 aliphatic carbocycles. The molecule has 0 saturated heterocycles. The third-order valence-electron chi connectivity index (χ3n) is 3.08. The van der Waals surface area contributed by atoms with Crippen LogP contribution in [0.1, 0.15) is 19.1 Å². The van der Waals surface area contributed by atoms with E-state index < -0.39 is 0 Å². The zero-order valence-electron chi connectivity index (χ0n) is 11.3. The Morgan fingerprint density at radius 1 is 1.25 bits per heavy atom. The summed E-state index contributed by atoms with van der Waals surface area (Å²) in [7, 11) is 0. The quantitative estimate of drug-likeness (QED) is 0.786. The predicted molar refractivity (Wildman–Crippen MR) is 72.1 cm³/mol. The van der Waals surface area contributed by atoms with Crippen LogP contribution in [0.15, 0.2) is 40.8 Å². The number of furan rings is 1. The highest BCUT2D eigenvalue weighted by Crippen LogP contribution is 2.24. The molecule has 0 spiro atoms. The molecule has 110 valence electrons. The van der Waals surface area contributed by atoms with Crippen LogP contribution >= 0.6 is 0 Å². The molecular formula is C15H18ClFNO2-. The summed E-state index contributed by atoms with van der Waals surface area (Å²) < 4.78 is 19.2. The third kappa shape index (κ3) is 4.07. The van der Waals surface area contributed by atoms with Gasteiger partial charge in [0.15, 0.2) is 0 Å². The van der Waals surface area contributed by atoms with E-state index in [-0.39, 0.29) is 30.9 Å². The molecule has 1 aromatic carbocycles. The smallest absolute Gasteiger partial charge is 0.137 e. The van der Waals surface area contributed by atoms with Crippen molar-refractivity contribution in [2.75, 3.05) is 6.61 Å². The number of hydrogen-bond acceptors (Lipinski definition) is 3. The van der Waals surface area contributed by atoms with Gasteiger partial charge in [-0.05, 0) is 30.7 Å². The van der Waals surface area contributed by atoms with Gasteiger partial charge in [-0.25, -0.2) is 4.39 Å². The van der Waals surface area contributed by atoms with Crippen molar-refractivity contribution < 1.29 is 26.3 Å². The van der Waals surface area contributed by atoms with E-state index in [0.29, 0.717) is 17.9 Å². The molecule has 1 heterocycles. The van der Waals surface area contributed by atoms with Crippen LogP contribution in [0.3, 0.4) is 0 Å². The Balaban J connectivity index is 0.00000200. The first-order valence-corrected chi connectivity index (χ1v) is 6.42. The minimum absolute atomic E-state index is 0. The number of aliphatic hydroxyl groups excluding tert-OH is 1. The fourth-order valence-electron chi connectivity index (χ4n) is 1.86. The normalized spacial score (nSPS) is 11.9. The van der Waals surface area contributed by atoms with Crippen LogP contribution in [0.25, 0.3) is 11.3 Å². The van der Waals surface area contributed by atoms with Gasteiger partial charge in [0.2, 0.25) is 0 Å². The predicted octanol–water partition coefficient (Wildman–Crippen LogP) is -0.0498. The maximum atomic E-state index is 13.6. The molecule has 3 nitrogen and oxygen atoms in total. The Kier molecular flexibility index (Phi) is 6.71. The van der Waals surface area contributed by atoms with Crippen LogP contribution in [0.4, 0.5) is 4.39 Å². The van der Waals surface area contributed by atoms with Crippen molar-refractivity contribution in [3.63, 3.8) is 0 Å². The summed E-state index contributed by atoms with van der Waals surface area (Å²) in [5.74, 6) is 0.954. The molecule has 0 radical (unpaired) electrons. The fraction of sp³-hybridized carbons (Fsp3) is 0.333. The minimum atomic E-state index is -0.293. The van der Waals surface area contributed by atoms with Gasteiger partial charge >= 0.3 is 0 Å². The van der Waals surface area contributed by atoms with Crippen LogP contribution in [0.2, 0.25) is 0 Å². The summed E-state index contributed by atoms with van der Waals surface area (Å²) in [5, 5.41) is 12.3. The summed E-state index contributed by atoms with van der Waals surface area (Å²) in [5.41, 5.74) is 0.461. The van der Waals surface area contributed by atoms with Crippen LogP contribution in [0.5, 0.6) is 0 Å². The second-order valence-corrected chi connectivity index (χ2v) is 4.41. The molecule has 20 heavy (non-hydrogen) atoms. The van der Waals surface area contributed by atoms with E-state index >= 15 is 0 Å². The van der Waals surface area contributed by atoms with Gasteiger partial charge in [0, 0.05) is 6.04 Å². The van der Waals surface area contributed by atoms with Gasteiger partial charge in [-0.3, -0.25) is 0 Å².